The van der Waals surface area contributed by atoms with Crippen molar-refractivity contribution in [2.45, 2.75) is 4.21 Å². The number of nitrogens with zero attached hydrogens (tertiary/aromatic N) is 1. The molecule has 0 spiro atoms. The molecule has 2 amide bonds. The standard InChI is InChI=1S/C14H14BrN3O4S2/c1-3-7-16-12(19)9-18(10-13(20)17-8-4-2)24(21,22)14-6-5-11(15)23-14/h1-2,5-6H,7-10H2,(H,16,19)(H,17,20). The largest absolute Gasteiger partial charge is 0.344 e. The van der Waals surface area contributed by atoms with Crippen molar-refractivity contribution in [1.82, 2.24) is 14.9 Å². The number of halogens is 1. The number of amides is 2. The lowest BCUT2D eigenvalue weighted by Gasteiger charge is -2.20. The summed E-state index contributed by atoms with van der Waals surface area (Å²) in [6.45, 7) is -1.16. The van der Waals surface area contributed by atoms with Crippen LogP contribution in [-0.2, 0) is 19.6 Å². The number of nitrogens with one attached hydrogen (secondary N) is 2. The van der Waals surface area contributed by atoms with E-state index in [-0.39, 0.29) is 17.3 Å². The minimum absolute atomic E-state index is 0.00359. The average molecular weight is 432 g/mol. The first kappa shape index (κ1) is 20.2. The molecule has 1 aromatic rings. The Hall–Kier alpha value is -1.85. The van der Waals surface area contributed by atoms with Gasteiger partial charge in [0.15, 0.2) is 0 Å². The Labute approximate surface area is 153 Å². The number of sulfonamides is 1. The van der Waals surface area contributed by atoms with Crippen LogP contribution in [0, 0.1) is 24.7 Å². The first-order chi connectivity index (χ1) is 11.3. The molecule has 0 aliphatic carbocycles. The molecule has 0 bridgehead atoms. The van der Waals surface area contributed by atoms with Crippen LogP contribution in [0.1, 0.15) is 0 Å². The highest BCUT2D eigenvalue weighted by atomic mass is 79.9. The van der Waals surface area contributed by atoms with E-state index < -0.39 is 34.9 Å². The van der Waals surface area contributed by atoms with E-state index in [0.717, 1.165) is 15.6 Å². The highest BCUT2D eigenvalue weighted by Gasteiger charge is 2.29. The quantitative estimate of drug-likeness (QED) is 0.566. The second-order valence-electron chi connectivity index (χ2n) is 4.29. The number of hydrogen-bond acceptors (Lipinski definition) is 5. The maximum absolute atomic E-state index is 12.6. The van der Waals surface area contributed by atoms with Gasteiger partial charge in [-0.1, -0.05) is 11.8 Å². The van der Waals surface area contributed by atoms with Gasteiger partial charge in [0.1, 0.15) is 4.21 Å². The first-order valence-electron chi connectivity index (χ1n) is 6.47. The molecule has 1 rings (SSSR count). The molecule has 0 aromatic carbocycles. The summed E-state index contributed by atoms with van der Waals surface area (Å²) in [5.74, 6) is 3.19. The van der Waals surface area contributed by atoms with E-state index in [1.165, 1.54) is 6.07 Å². The van der Waals surface area contributed by atoms with Gasteiger partial charge >= 0.3 is 0 Å². The van der Waals surface area contributed by atoms with Crippen LogP contribution < -0.4 is 10.6 Å². The highest BCUT2D eigenvalue weighted by Crippen LogP contribution is 2.28. The molecular weight excluding hydrogens is 418 g/mol. The zero-order valence-corrected chi connectivity index (χ0v) is 15.6. The fourth-order valence-electron chi connectivity index (χ4n) is 1.52. The molecule has 1 aromatic heterocycles. The molecule has 128 valence electrons. The molecule has 7 nitrogen and oxygen atoms in total. The number of carbonyl (C=O) groups excluding carboxylic acids is 2. The Kier molecular flexibility index (Phi) is 7.95. The molecule has 10 heteroatoms. The van der Waals surface area contributed by atoms with Gasteiger partial charge in [-0.15, -0.1) is 24.2 Å². The monoisotopic (exact) mass is 431 g/mol. The zero-order chi connectivity index (χ0) is 18.2. The Bertz CT molecular complexity index is 758. The van der Waals surface area contributed by atoms with Crippen molar-refractivity contribution in [2.24, 2.45) is 0 Å². The summed E-state index contributed by atoms with van der Waals surface area (Å²) in [4.78, 5) is 23.6. The van der Waals surface area contributed by atoms with Gasteiger partial charge in [0.05, 0.1) is 30.0 Å². The molecule has 0 aliphatic heterocycles. The molecular formula is C14H14BrN3O4S2. The van der Waals surface area contributed by atoms with Gasteiger partial charge < -0.3 is 10.6 Å². The smallest absolute Gasteiger partial charge is 0.253 e. The van der Waals surface area contributed by atoms with Crippen LogP contribution >= 0.6 is 27.3 Å². The predicted molar refractivity (Wildman–Crippen MR) is 94.5 cm³/mol. The van der Waals surface area contributed by atoms with Crippen LogP contribution in [0.25, 0.3) is 0 Å². The summed E-state index contributed by atoms with van der Waals surface area (Å²) < 4.78 is 26.7. The molecule has 2 N–H and O–H groups in total. The Balaban J connectivity index is 2.99. The van der Waals surface area contributed by atoms with E-state index in [0.29, 0.717) is 3.79 Å². The number of rotatable bonds is 8. The number of carbonyl (C=O) groups is 2. The van der Waals surface area contributed by atoms with Gasteiger partial charge in [0, 0.05) is 0 Å². The van der Waals surface area contributed by atoms with Gasteiger partial charge in [-0.3, -0.25) is 9.59 Å². The van der Waals surface area contributed by atoms with Crippen molar-refractivity contribution in [3.8, 4) is 24.7 Å². The van der Waals surface area contributed by atoms with Crippen LogP contribution in [0.4, 0.5) is 0 Å². The molecule has 0 unspecified atom stereocenters. The van der Waals surface area contributed by atoms with Gasteiger partial charge in [-0.25, -0.2) is 8.42 Å². The van der Waals surface area contributed by atoms with Crippen molar-refractivity contribution >= 4 is 49.1 Å². The van der Waals surface area contributed by atoms with Gasteiger partial charge in [0.2, 0.25) is 11.8 Å². The summed E-state index contributed by atoms with van der Waals surface area (Å²) in [5, 5.41) is 4.71. The second-order valence-corrected chi connectivity index (χ2v) is 8.92. The third-order valence-corrected chi connectivity index (χ3v) is 6.44. The number of terminal acetylenes is 2. The Morgan fingerprint density at radius 2 is 1.62 bits per heavy atom. The predicted octanol–water partition coefficient (Wildman–Crippen LogP) is 0.000100. The molecule has 24 heavy (non-hydrogen) atoms. The minimum atomic E-state index is -4.02. The summed E-state index contributed by atoms with van der Waals surface area (Å²) in [5.41, 5.74) is 0. The van der Waals surface area contributed by atoms with Gasteiger partial charge in [0.25, 0.3) is 10.0 Å². The van der Waals surface area contributed by atoms with E-state index in [2.05, 4.69) is 38.4 Å². The molecule has 0 aliphatic rings. The zero-order valence-electron chi connectivity index (χ0n) is 12.4. The molecule has 0 atom stereocenters. The van der Waals surface area contributed by atoms with E-state index in [4.69, 9.17) is 12.8 Å². The third-order valence-electron chi connectivity index (χ3n) is 2.56. The van der Waals surface area contributed by atoms with E-state index in [1.807, 2.05) is 0 Å². The normalized spacial score (nSPS) is 10.7. The third kappa shape index (κ3) is 5.98. The SMILES string of the molecule is C#CCNC(=O)CN(CC(=O)NCC#C)S(=O)(=O)c1ccc(Br)s1. The van der Waals surface area contributed by atoms with Crippen molar-refractivity contribution in [3.63, 3.8) is 0 Å². The molecule has 0 saturated heterocycles. The number of hydrogen-bond donors (Lipinski definition) is 2. The summed E-state index contributed by atoms with van der Waals surface area (Å²) in [6, 6.07) is 2.95. The average Bonchev–Trinajstić information content (AvgIpc) is 2.97. The van der Waals surface area contributed by atoms with E-state index >= 15 is 0 Å². The van der Waals surface area contributed by atoms with E-state index in [9.17, 15) is 18.0 Å². The molecule has 0 radical (unpaired) electrons. The van der Waals surface area contributed by atoms with Crippen LogP contribution in [0.5, 0.6) is 0 Å². The maximum Gasteiger partial charge on any atom is 0.253 e. The molecule has 1 heterocycles. The van der Waals surface area contributed by atoms with Gasteiger partial charge in [-0.2, -0.15) is 4.31 Å². The van der Waals surface area contributed by atoms with Crippen LogP contribution in [0.2, 0.25) is 0 Å². The topological polar surface area (TPSA) is 95.6 Å². The van der Waals surface area contributed by atoms with Crippen molar-refractivity contribution in [2.75, 3.05) is 26.2 Å². The maximum atomic E-state index is 12.6. The first-order valence-corrected chi connectivity index (χ1v) is 9.52. The fourth-order valence-corrected chi connectivity index (χ4v) is 5.04. The highest BCUT2D eigenvalue weighted by molar-refractivity contribution is 9.11. The minimum Gasteiger partial charge on any atom is -0.344 e. The van der Waals surface area contributed by atoms with Crippen molar-refractivity contribution < 1.29 is 18.0 Å². The van der Waals surface area contributed by atoms with E-state index in [1.54, 1.807) is 6.07 Å². The van der Waals surface area contributed by atoms with Crippen LogP contribution in [0.15, 0.2) is 20.1 Å². The Morgan fingerprint density at radius 3 is 2.00 bits per heavy atom. The second kappa shape index (κ2) is 9.45. The Morgan fingerprint density at radius 1 is 1.12 bits per heavy atom. The summed E-state index contributed by atoms with van der Waals surface area (Å²) in [7, 11) is -4.02. The summed E-state index contributed by atoms with van der Waals surface area (Å²) in [6.07, 6.45) is 10.1. The van der Waals surface area contributed by atoms with Crippen LogP contribution in [0.3, 0.4) is 0 Å². The molecule has 0 fully saturated rings. The lowest BCUT2D eigenvalue weighted by atomic mass is 10.5. The van der Waals surface area contributed by atoms with Crippen LogP contribution in [-0.4, -0.2) is 50.7 Å². The van der Waals surface area contributed by atoms with Crippen molar-refractivity contribution in [3.05, 3.63) is 15.9 Å². The van der Waals surface area contributed by atoms with Crippen molar-refractivity contribution in [1.29, 1.82) is 0 Å². The fraction of sp³-hybridized carbons (Fsp3) is 0.286. The molecule has 0 saturated carbocycles. The summed E-state index contributed by atoms with van der Waals surface area (Å²) >= 11 is 4.15. The number of thiophene rings is 1. The lowest BCUT2D eigenvalue weighted by Crippen LogP contribution is -2.45. The lowest BCUT2D eigenvalue weighted by molar-refractivity contribution is -0.123. The van der Waals surface area contributed by atoms with Gasteiger partial charge in [-0.05, 0) is 28.1 Å².